The van der Waals surface area contributed by atoms with E-state index in [1.165, 1.54) is 17.4 Å². The zero-order chi connectivity index (χ0) is 24.4. The van der Waals surface area contributed by atoms with Gasteiger partial charge in [0.25, 0.3) is 11.6 Å². The van der Waals surface area contributed by atoms with Crippen molar-refractivity contribution in [3.63, 3.8) is 0 Å². The van der Waals surface area contributed by atoms with Crippen LogP contribution < -0.4 is 9.80 Å². The maximum absolute atomic E-state index is 13.7. The first-order valence-corrected chi connectivity index (χ1v) is 12.1. The number of carbonyl (C=O) groups is 1. The van der Waals surface area contributed by atoms with Crippen molar-refractivity contribution in [1.29, 1.82) is 0 Å². The second kappa shape index (κ2) is 11.5. The quantitative estimate of drug-likeness (QED) is 0.319. The van der Waals surface area contributed by atoms with Crippen LogP contribution in [0.2, 0.25) is 5.02 Å². The lowest BCUT2D eigenvalue weighted by Crippen LogP contribution is -2.37. The van der Waals surface area contributed by atoms with E-state index in [4.69, 9.17) is 21.3 Å². The monoisotopic (exact) mass is 539 g/mol. The number of nitro groups is 1. The number of hydrogen-bond donors (Lipinski definition) is 0. The highest BCUT2D eigenvalue weighted by molar-refractivity contribution is 7.23. The molecule has 2 aromatic carbocycles. The molecule has 0 aliphatic carbocycles. The van der Waals surface area contributed by atoms with Gasteiger partial charge >= 0.3 is 0 Å². The molecule has 0 atom stereocenters. The van der Waals surface area contributed by atoms with Gasteiger partial charge in [0, 0.05) is 37.8 Å². The number of nitro benzene ring substituents is 1. The number of halogens is 2. The summed E-state index contributed by atoms with van der Waals surface area (Å²) < 4.78 is 6.17. The molecule has 9 nitrogen and oxygen atoms in total. The zero-order valence-electron chi connectivity index (χ0n) is 19.7. The number of morpholine rings is 1. The number of benzene rings is 2. The number of fused-ring (bicyclic) bond motifs is 1. The summed E-state index contributed by atoms with van der Waals surface area (Å²) in [5, 5.41) is 13.0. The maximum atomic E-state index is 13.7. The highest BCUT2D eigenvalue weighted by Gasteiger charge is 2.27. The number of rotatable bonds is 7. The van der Waals surface area contributed by atoms with Crippen LogP contribution in [0, 0.1) is 17.0 Å². The van der Waals surface area contributed by atoms with Crippen LogP contribution in [-0.4, -0.2) is 74.2 Å². The van der Waals surface area contributed by atoms with Crippen LogP contribution in [0.25, 0.3) is 10.2 Å². The fourth-order valence-electron chi connectivity index (χ4n) is 3.82. The normalized spacial score (nSPS) is 13.7. The van der Waals surface area contributed by atoms with E-state index in [0.29, 0.717) is 55.2 Å². The summed E-state index contributed by atoms with van der Waals surface area (Å²) in [7, 11) is 3.84. The Kier molecular flexibility index (Phi) is 8.89. The topological polar surface area (TPSA) is 92.0 Å². The molecule has 188 valence electrons. The number of amides is 1. The molecule has 1 saturated heterocycles. The fraction of sp³-hybridized carbons (Fsp3) is 0.391. The highest BCUT2D eigenvalue weighted by atomic mass is 35.5. The van der Waals surface area contributed by atoms with Gasteiger partial charge in [-0.05, 0) is 44.8 Å². The van der Waals surface area contributed by atoms with E-state index < -0.39 is 4.92 Å². The third-order valence-electron chi connectivity index (χ3n) is 5.70. The van der Waals surface area contributed by atoms with Crippen LogP contribution in [0.1, 0.15) is 15.9 Å². The van der Waals surface area contributed by atoms with E-state index >= 15 is 0 Å². The largest absolute Gasteiger partial charge is 0.378 e. The van der Waals surface area contributed by atoms with Crippen molar-refractivity contribution in [3.8, 4) is 0 Å². The molecule has 3 aromatic rings. The van der Waals surface area contributed by atoms with Gasteiger partial charge in [-0.3, -0.25) is 19.8 Å². The number of thiazole rings is 1. The predicted molar refractivity (Wildman–Crippen MR) is 143 cm³/mol. The second-order valence-corrected chi connectivity index (χ2v) is 9.74. The number of hydrogen-bond acceptors (Lipinski definition) is 8. The first-order chi connectivity index (χ1) is 16.3. The second-order valence-electron chi connectivity index (χ2n) is 8.36. The number of aromatic nitrogens is 1. The van der Waals surface area contributed by atoms with E-state index in [0.717, 1.165) is 15.8 Å². The van der Waals surface area contributed by atoms with Crippen LogP contribution in [0.5, 0.6) is 0 Å². The maximum Gasteiger partial charge on any atom is 0.293 e. The average molecular weight is 540 g/mol. The molecule has 1 aliphatic rings. The highest BCUT2D eigenvalue weighted by Crippen LogP contribution is 2.37. The molecule has 0 radical (unpaired) electrons. The van der Waals surface area contributed by atoms with Gasteiger partial charge in [0.05, 0.1) is 33.4 Å². The van der Waals surface area contributed by atoms with Crippen LogP contribution in [-0.2, 0) is 4.74 Å². The number of anilines is 2. The molecule has 0 unspecified atom stereocenters. The van der Waals surface area contributed by atoms with Crippen LogP contribution in [0.4, 0.5) is 16.5 Å². The number of likely N-dealkylation sites (N-methyl/N-ethyl adjacent to an activating group) is 1. The summed E-state index contributed by atoms with van der Waals surface area (Å²) in [6.45, 7) is 5.07. The van der Waals surface area contributed by atoms with Crippen molar-refractivity contribution in [3.05, 3.63) is 56.6 Å². The molecule has 2 heterocycles. The molecule has 35 heavy (non-hydrogen) atoms. The van der Waals surface area contributed by atoms with Crippen molar-refractivity contribution in [2.24, 2.45) is 0 Å². The van der Waals surface area contributed by atoms with Crippen molar-refractivity contribution in [2.75, 3.05) is 63.3 Å². The predicted octanol–water partition coefficient (Wildman–Crippen LogP) is 4.63. The Morgan fingerprint density at radius 1 is 1.23 bits per heavy atom. The van der Waals surface area contributed by atoms with Crippen molar-refractivity contribution >= 4 is 68.0 Å². The molecular formula is C23H27Cl2N5O4S. The fourth-order valence-corrected chi connectivity index (χ4v) is 5.16. The number of ether oxygens (including phenoxy) is 1. The minimum absolute atomic E-state index is 0. The lowest BCUT2D eigenvalue weighted by molar-refractivity contribution is -0.384. The summed E-state index contributed by atoms with van der Waals surface area (Å²) in [5.74, 6) is -0.341. The number of carbonyl (C=O) groups excluding carboxylic acids is 1. The van der Waals surface area contributed by atoms with E-state index in [-0.39, 0.29) is 29.6 Å². The molecule has 1 amide bonds. The summed E-state index contributed by atoms with van der Waals surface area (Å²) in [5.41, 5.74) is 2.36. The molecule has 0 bridgehead atoms. The zero-order valence-corrected chi connectivity index (χ0v) is 22.1. The van der Waals surface area contributed by atoms with Crippen LogP contribution in [0.3, 0.4) is 0 Å². The molecule has 0 N–H and O–H groups in total. The third-order valence-corrected chi connectivity index (χ3v) is 7.24. The molecule has 12 heteroatoms. The molecule has 1 aromatic heterocycles. The van der Waals surface area contributed by atoms with Gasteiger partial charge in [-0.1, -0.05) is 29.0 Å². The van der Waals surface area contributed by atoms with E-state index in [1.54, 1.807) is 17.0 Å². The Hall–Kier alpha value is -2.50. The Balaban J connectivity index is 0.00000342. The van der Waals surface area contributed by atoms with E-state index in [9.17, 15) is 14.9 Å². The molecule has 0 spiro atoms. The minimum Gasteiger partial charge on any atom is -0.378 e. The summed E-state index contributed by atoms with van der Waals surface area (Å²) >= 11 is 7.73. The Morgan fingerprint density at radius 3 is 2.57 bits per heavy atom. The summed E-state index contributed by atoms with van der Waals surface area (Å²) in [4.78, 5) is 35.3. The molecule has 0 saturated carbocycles. The van der Waals surface area contributed by atoms with Gasteiger partial charge in [0.15, 0.2) is 5.13 Å². The molecule has 1 aliphatic heterocycles. The van der Waals surface area contributed by atoms with E-state index in [2.05, 4.69) is 0 Å². The lowest BCUT2D eigenvalue weighted by Gasteiger charge is -2.28. The first kappa shape index (κ1) is 27.1. The van der Waals surface area contributed by atoms with Crippen molar-refractivity contribution in [1.82, 2.24) is 9.88 Å². The van der Waals surface area contributed by atoms with Gasteiger partial charge in [0.2, 0.25) is 0 Å². The van der Waals surface area contributed by atoms with Gasteiger partial charge in [-0.15, -0.1) is 12.4 Å². The van der Waals surface area contributed by atoms with Crippen LogP contribution in [0.15, 0.2) is 30.3 Å². The van der Waals surface area contributed by atoms with Gasteiger partial charge in [-0.2, -0.15) is 0 Å². The minimum atomic E-state index is -0.438. The Bertz CT molecular complexity index is 1190. The smallest absolute Gasteiger partial charge is 0.293 e. The Morgan fingerprint density at radius 2 is 1.94 bits per heavy atom. The van der Waals surface area contributed by atoms with Gasteiger partial charge < -0.3 is 14.5 Å². The van der Waals surface area contributed by atoms with Crippen molar-refractivity contribution in [2.45, 2.75) is 6.92 Å². The summed E-state index contributed by atoms with van der Waals surface area (Å²) in [6, 6.07) is 8.38. The van der Waals surface area contributed by atoms with Gasteiger partial charge in [-0.25, -0.2) is 4.98 Å². The third kappa shape index (κ3) is 5.84. The van der Waals surface area contributed by atoms with Crippen LogP contribution >= 0.6 is 35.3 Å². The van der Waals surface area contributed by atoms with E-state index in [1.807, 2.05) is 43.0 Å². The molecule has 1 fully saturated rings. The number of nitrogens with zero attached hydrogens (tertiary/aromatic N) is 5. The number of aryl methyl sites for hydroxylation is 1. The summed E-state index contributed by atoms with van der Waals surface area (Å²) in [6.07, 6.45) is 0. The molecular weight excluding hydrogens is 513 g/mol. The Labute approximate surface area is 218 Å². The lowest BCUT2D eigenvalue weighted by atomic mass is 10.1. The standard InChI is InChI=1S/C23H26ClN5O4S.ClH/c1-15-4-6-17(24)21-20(15)25-23(34-21)28(9-8-26(2)3)22(30)16-5-7-18(19(14-16)29(31)32)27-10-12-33-13-11-27;/h4-7,14H,8-13H2,1-3H3;1H. The SMILES string of the molecule is Cc1ccc(Cl)c2sc(N(CCN(C)C)C(=O)c3ccc(N4CCOCC4)c([N+](=O)[O-])c3)nc12.Cl. The molecule has 4 rings (SSSR count). The average Bonchev–Trinajstić information content (AvgIpc) is 3.28. The first-order valence-electron chi connectivity index (χ1n) is 10.9. The van der Waals surface area contributed by atoms with Gasteiger partial charge in [0.1, 0.15) is 5.69 Å². The van der Waals surface area contributed by atoms with Crippen molar-refractivity contribution < 1.29 is 14.5 Å².